The molecule has 2 fully saturated rings. The number of piperazine rings is 1. The number of pyridine rings is 1. The van der Waals surface area contributed by atoms with Gasteiger partial charge in [0.2, 0.25) is 5.88 Å². The van der Waals surface area contributed by atoms with Crippen LogP contribution in [0.3, 0.4) is 0 Å². The Bertz CT molecular complexity index is 1430. The minimum Gasteiger partial charge on any atom is -0.494 e. The molecule has 1 aliphatic carbocycles. The summed E-state index contributed by atoms with van der Waals surface area (Å²) in [5, 5.41) is 4.53. The van der Waals surface area contributed by atoms with E-state index in [4.69, 9.17) is 14.2 Å². The van der Waals surface area contributed by atoms with Crippen molar-refractivity contribution in [2.75, 3.05) is 44.2 Å². The van der Waals surface area contributed by atoms with E-state index in [2.05, 4.69) is 44.4 Å². The first kappa shape index (κ1) is 26.8. The number of thiophene rings is 1. The number of unbranched alkanes of at least 4 members (excludes halogenated alkanes) is 1. The zero-order chi connectivity index (χ0) is 27.1. The molecule has 4 aromatic rings. The second-order valence-electron chi connectivity index (χ2n) is 10.7. The summed E-state index contributed by atoms with van der Waals surface area (Å²) in [6.07, 6.45) is 6.60. The molecule has 0 amide bonds. The van der Waals surface area contributed by atoms with Crippen molar-refractivity contribution in [1.82, 2.24) is 9.88 Å². The summed E-state index contributed by atoms with van der Waals surface area (Å²) in [4.78, 5) is 21.8. The fraction of sp³-hybridized carbons (Fsp3) is 0.438. The van der Waals surface area contributed by atoms with Gasteiger partial charge < -0.3 is 19.1 Å². The highest BCUT2D eigenvalue weighted by molar-refractivity contribution is 7.17. The van der Waals surface area contributed by atoms with Crippen LogP contribution >= 0.6 is 11.3 Å². The quantitative estimate of drug-likeness (QED) is 0.158. The second kappa shape index (κ2) is 12.9. The minimum absolute atomic E-state index is 0.0434. The Morgan fingerprint density at radius 1 is 0.950 bits per heavy atom. The van der Waals surface area contributed by atoms with Gasteiger partial charge in [-0.1, -0.05) is 12.5 Å². The Morgan fingerprint density at radius 2 is 1.80 bits per heavy atom. The van der Waals surface area contributed by atoms with Gasteiger partial charge in [-0.05, 0) is 86.8 Å². The summed E-state index contributed by atoms with van der Waals surface area (Å²) in [6.45, 7) is 6.08. The van der Waals surface area contributed by atoms with Crippen molar-refractivity contribution >= 4 is 44.2 Å². The molecule has 1 aliphatic heterocycles. The summed E-state index contributed by atoms with van der Waals surface area (Å²) in [5.41, 5.74) is 2.10. The van der Waals surface area contributed by atoms with E-state index < -0.39 is 6.16 Å². The summed E-state index contributed by atoms with van der Waals surface area (Å²) in [6, 6.07) is 18.3. The first-order valence-corrected chi connectivity index (χ1v) is 15.4. The smallest absolute Gasteiger partial charge is 0.494 e. The van der Waals surface area contributed by atoms with Crippen LogP contribution in [0.2, 0.25) is 0 Å². The standard InChI is InChI=1S/C32H37N3O4S/c36-32(38-25-7-2-1-3-8-25)39-31-14-12-24-11-13-26(23-28(24)33-31)37-21-5-4-16-34-17-19-35(20-18-34)29-9-6-10-30-27(29)15-22-40-30/h6,9-15,22-23,25H,1-5,7-8,16-21H2. The second-order valence-corrected chi connectivity index (χ2v) is 11.7. The third-order valence-corrected chi connectivity index (χ3v) is 8.85. The first-order valence-electron chi connectivity index (χ1n) is 14.6. The number of ether oxygens (including phenoxy) is 3. The maximum Gasteiger partial charge on any atom is 0.515 e. The largest absolute Gasteiger partial charge is 0.515 e. The maximum atomic E-state index is 12.2. The third-order valence-electron chi connectivity index (χ3n) is 7.96. The molecule has 8 heteroatoms. The van der Waals surface area contributed by atoms with Crippen molar-refractivity contribution in [3.63, 3.8) is 0 Å². The predicted molar refractivity (Wildman–Crippen MR) is 161 cm³/mol. The number of anilines is 1. The van der Waals surface area contributed by atoms with Gasteiger partial charge in [0.15, 0.2) is 0 Å². The van der Waals surface area contributed by atoms with Crippen LogP contribution in [0.4, 0.5) is 10.5 Å². The Kier molecular flexibility index (Phi) is 8.64. The molecule has 3 heterocycles. The number of fused-ring (bicyclic) bond motifs is 2. The van der Waals surface area contributed by atoms with Gasteiger partial charge in [0.1, 0.15) is 11.9 Å². The molecule has 0 radical (unpaired) electrons. The van der Waals surface area contributed by atoms with Crippen LogP contribution in [0.5, 0.6) is 11.6 Å². The van der Waals surface area contributed by atoms with Gasteiger partial charge in [0.25, 0.3) is 0 Å². The molecule has 210 valence electrons. The van der Waals surface area contributed by atoms with Crippen LogP contribution in [0.15, 0.2) is 60.0 Å². The van der Waals surface area contributed by atoms with Crippen LogP contribution in [0.25, 0.3) is 21.0 Å². The molecule has 0 N–H and O–H groups in total. The topological polar surface area (TPSA) is 64.1 Å². The molecule has 40 heavy (non-hydrogen) atoms. The van der Waals surface area contributed by atoms with Crippen molar-refractivity contribution in [2.24, 2.45) is 0 Å². The minimum atomic E-state index is -0.674. The number of rotatable bonds is 9. The van der Waals surface area contributed by atoms with Gasteiger partial charge in [-0.3, -0.25) is 4.90 Å². The van der Waals surface area contributed by atoms with Gasteiger partial charge in [0.05, 0.1) is 12.1 Å². The van der Waals surface area contributed by atoms with Crippen LogP contribution in [0.1, 0.15) is 44.9 Å². The summed E-state index contributed by atoms with van der Waals surface area (Å²) >= 11 is 1.81. The number of aromatic nitrogens is 1. The molecule has 1 saturated heterocycles. The lowest BCUT2D eigenvalue weighted by Crippen LogP contribution is -2.46. The van der Waals surface area contributed by atoms with E-state index in [1.807, 2.05) is 35.6 Å². The van der Waals surface area contributed by atoms with Crippen LogP contribution < -0.4 is 14.4 Å². The van der Waals surface area contributed by atoms with Gasteiger partial charge in [-0.25, -0.2) is 9.78 Å². The predicted octanol–water partition coefficient (Wildman–Crippen LogP) is 7.28. The zero-order valence-electron chi connectivity index (χ0n) is 22.9. The number of carbonyl (C=O) groups is 1. The van der Waals surface area contributed by atoms with E-state index in [0.29, 0.717) is 6.61 Å². The summed E-state index contributed by atoms with van der Waals surface area (Å²) < 4.78 is 18.2. The SMILES string of the molecule is O=C(Oc1ccc2ccc(OCCCCN3CCN(c4cccc5sccc45)CC3)cc2n1)OC1CCCCC1. The highest BCUT2D eigenvalue weighted by Crippen LogP contribution is 2.31. The number of hydrogen-bond acceptors (Lipinski definition) is 8. The van der Waals surface area contributed by atoms with E-state index in [0.717, 1.165) is 87.9 Å². The molecular formula is C32H37N3O4S. The zero-order valence-corrected chi connectivity index (χ0v) is 23.7. The number of carbonyl (C=O) groups excluding carboxylic acids is 1. The molecule has 2 aromatic carbocycles. The van der Waals surface area contributed by atoms with E-state index >= 15 is 0 Å². The Morgan fingerprint density at radius 3 is 2.67 bits per heavy atom. The van der Waals surface area contributed by atoms with Crippen LogP contribution in [0, 0.1) is 0 Å². The molecule has 6 rings (SSSR count). The number of benzene rings is 2. The molecular weight excluding hydrogens is 522 g/mol. The van der Waals surface area contributed by atoms with E-state index in [-0.39, 0.29) is 12.0 Å². The van der Waals surface area contributed by atoms with Crippen molar-refractivity contribution in [3.05, 3.63) is 60.0 Å². The lowest BCUT2D eigenvalue weighted by Gasteiger charge is -2.36. The fourth-order valence-electron chi connectivity index (χ4n) is 5.75. The lowest BCUT2D eigenvalue weighted by atomic mass is 9.98. The highest BCUT2D eigenvalue weighted by Gasteiger charge is 2.20. The van der Waals surface area contributed by atoms with Crippen LogP contribution in [-0.4, -0.2) is 61.5 Å². The summed E-state index contributed by atoms with van der Waals surface area (Å²) in [7, 11) is 0. The van der Waals surface area contributed by atoms with Crippen molar-refractivity contribution in [3.8, 4) is 11.6 Å². The average Bonchev–Trinajstić information content (AvgIpc) is 3.47. The molecule has 0 atom stereocenters. The Balaban J connectivity index is 0.926. The average molecular weight is 560 g/mol. The first-order chi connectivity index (χ1) is 19.7. The molecule has 0 spiro atoms. The van der Waals surface area contributed by atoms with Crippen molar-refractivity contribution in [1.29, 1.82) is 0 Å². The molecule has 0 bridgehead atoms. The number of hydrogen-bond donors (Lipinski definition) is 0. The van der Waals surface area contributed by atoms with Gasteiger partial charge in [-0.15, -0.1) is 11.3 Å². The number of nitrogens with zero attached hydrogens (tertiary/aromatic N) is 3. The van der Waals surface area contributed by atoms with Gasteiger partial charge in [-0.2, -0.15) is 0 Å². The van der Waals surface area contributed by atoms with E-state index in [9.17, 15) is 4.79 Å². The lowest BCUT2D eigenvalue weighted by molar-refractivity contribution is 0.0408. The van der Waals surface area contributed by atoms with Crippen molar-refractivity contribution in [2.45, 2.75) is 51.0 Å². The third kappa shape index (κ3) is 6.67. The van der Waals surface area contributed by atoms with E-state index in [1.165, 1.54) is 22.2 Å². The van der Waals surface area contributed by atoms with Gasteiger partial charge in [0, 0.05) is 59.5 Å². The van der Waals surface area contributed by atoms with Gasteiger partial charge >= 0.3 is 6.16 Å². The molecule has 7 nitrogen and oxygen atoms in total. The molecule has 2 aliphatic rings. The fourth-order valence-corrected chi connectivity index (χ4v) is 6.55. The monoisotopic (exact) mass is 559 g/mol. The normalized spacial score (nSPS) is 16.9. The maximum absolute atomic E-state index is 12.2. The van der Waals surface area contributed by atoms with Crippen molar-refractivity contribution < 1.29 is 19.0 Å². The Hall–Kier alpha value is -3.36. The Labute approximate surface area is 239 Å². The molecule has 2 aromatic heterocycles. The van der Waals surface area contributed by atoms with Crippen LogP contribution in [-0.2, 0) is 4.74 Å². The molecule has 1 saturated carbocycles. The molecule has 0 unspecified atom stereocenters. The highest BCUT2D eigenvalue weighted by atomic mass is 32.1. The summed E-state index contributed by atoms with van der Waals surface area (Å²) in [5.74, 6) is 1.02. The van der Waals surface area contributed by atoms with E-state index in [1.54, 1.807) is 6.07 Å².